The second-order valence-corrected chi connectivity index (χ2v) is 13.8. The first-order valence-corrected chi connectivity index (χ1v) is 15.1. The lowest BCUT2D eigenvalue weighted by Gasteiger charge is -2.42. The monoisotopic (exact) mass is 557 g/mol. The topological polar surface area (TPSA) is 117 Å². The summed E-state index contributed by atoms with van der Waals surface area (Å²) in [5.74, 6) is 5.39. The molecule has 4 N–H and O–H groups in total. The van der Waals surface area contributed by atoms with Crippen LogP contribution in [0.4, 0.5) is 10.5 Å². The molecule has 0 bridgehead atoms. The number of ether oxygens (including phenoxy) is 1. The van der Waals surface area contributed by atoms with Crippen LogP contribution < -0.4 is 16.0 Å². The van der Waals surface area contributed by atoms with Crippen molar-refractivity contribution >= 4 is 34.9 Å². The molecule has 1 atom stereocenters. The Morgan fingerprint density at radius 3 is 2.38 bits per heavy atom. The number of alkyl carbamates (subject to hydrolysis) is 1. The molecule has 0 radical (unpaired) electrons. The summed E-state index contributed by atoms with van der Waals surface area (Å²) in [6, 6.07) is 1.80. The highest BCUT2D eigenvalue weighted by atomic mass is 32.1. The number of thiophene rings is 1. The number of ketones is 1. The van der Waals surface area contributed by atoms with Crippen molar-refractivity contribution in [2.24, 2.45) is 11.3 Å². The van der Waals surface area contributed by atoms with Crippen LogP contribution in [0.3, 0.4) is 0 Å². The van der Waals surface area contributed by atoms with Gasteiger partial charge in [-0.3, -0.25) is 4.79 Å². The van der Waals surface area contributed by atoms with Gasteiger partial charge in [0.1, 0.15) is 16.0 Å². The van der Waals surface area contributed by atoms with Crippen molar-refractivity contribution < 1.29 is 24.2 Å². The minimum Gasteiger partial charge on any atom is -0.477 e. The zero-order valence-corrected chi connectivity index (χ0v) is 24.5. The number of carbonyl (C=O) groups excluding carboxylic acids is 2. The molecule has 39 heavy (non-hydrogen) atoms. The van der Waals surface area contributed by atoms with Gasteiger partial charge in [-0.1, -0.05) is 31.1 Å². The predicted octanol–water partition coefficient (Wildman–Crippen LogP) is 5.56. The lowest BCUT2D eigenvalue weighted by Crippen LogP contribution is -2.60. The summed E-state index contributed by atoms with van der Waals surface area (Å²) >= 11 is 1.17. The van der Waals surface area contributed by atoms with Gasteiger partial charge in [-0.05, 0) is 78.8 Å². The molecule has 1 unspecified atom stereocenters. The Kier molecular flexibility index (Phi) is 8.97. The number of carbonyl (C=O) groups is 3. The number of hydrogen-bond donors (Lipinski definition) is 4. The molecule has 3 aliphatic rings. The Hall–Kier alpha value is -2.57. The number of carboxylic acid groups (broad SMARTS) is 1. The predicted molar refractivity (Wildman–Crippen MR) is 153 cm³/mol. The maximum atomic E-state index is 13.9. The van der Waals surface area contributed by atoms with E-state index in [0.29, 0.717) is 42.8 Å². The lowest BCUT2D eigenvalue weighted by molar-refractivity contribution is -0.132. The van der Waals surface area contributed by atoms with Gasteiger partial charge in [0.25, 0.3) is 0 Å². The number of nitrogens with one attached hydrogen (secondary N) is 3. The molecule has 0 aromatic carbocycles. The van der Waals surface area contributed by atoms with Crippen molar-refractivity contribution in [3.8, 4) is 11.8 Å². The summed E-state index contributed by atoms with van der Waals surface area (Å²) in [4.78, 5) is 39.9. The van der Waals surface area contributed by atoms with E-state index in [-0.39, 0.29) is 28.0 Å². The third-order valence-corrected chi connectivity index (χ3v) is 9.18. The molecule has 1 saturated heterocycles. The molecule has 1 aromatic heterocycles. The number of carboxylic acids is 1. The number of aromatic carboxylic acids is 1. The number of amides is 1. The summed E-state index contributed by atoms with van der Waals surface area (Å²) in [5.41, 5.74) is -1.14. The number of anilines is 1. The van der Waals surface area contributed by atoms with Crippen molar-refractivity contribution in [3.63, 3.8) is 0 Å². The van der Waals surface area contributed by atoms with E-state index in [0.717, 1.165) is 45.1 Å². The van der Waals surface area contributed by atoms with Crippen LogP contribution in [-0.2, 0) is 9.53 Å². The summed E-state index contributed by atoms with van der Waals surface area (Å²) in [6.45, 7) is 9.37. The molecule has 1 amide bonds. The van der Waals surface area contributed by atoms with E-state index >= 15 is 0 Å². The molecular formula is C30H43N3O5S. The third-order valence-electron chi connectivity index (χ3n) is 8.14. The Morgan fingerprint density at radius 2 is 1.79 bits per heavy atom. The van der Waals surface area contributed by atoms with Gasteiger partial charge in [0, 0.05) is 30.3 Å². The van der Waals surface area contributed by atoms with Gasteiger partial charge in [0.05, 0.1) is 10.6 Å². The highest BCUT2D eigenvalue weighted by Crippen LogP contribution is 2.38. The standard InChI is InChI=1S/C30H43N3O5S/c1-28(2,3)13-12-22-18-23(24(39-22)26(35)36)32-21-10-14-30(15-11-21,25(34)20-8-6-5-7-9-20)33-27(37)38-29(4)16-17-31-19-29/h18,20-21,31-32H,5-11,14-17,19H2,1-4H3,(H,33,37)(H,35,36). The zero-order valence-electron chi connectivity index (χ0n) is 23.7. The van der Waals surface area contributed by atoms with Crippen LogP contribution in [0.5, 0.6) is 0 Å². The molecule has 2 heterocycles. The van der Waals surface area contributed by atoms with Gasteiger partial charge in [-0.2, -0.15) is 0 Å². The molecule has 2 aliphatic carbocycles. The van der Waals surface area contributed by atoms with E-state index in [1.165, 1.54) is 11.3 Å². The Morgan fingerprint density at radius 1 is 1.10 bits per heavy atom. The van der Waals surface area contributed by atoms with E-state index in [1.54, 1.807) is 0 Å². The summed E-state index contributed by atoms with van der Waals surface area (Å²) in [6.07, 6.45) is 7.45. The molecule has 8 nitrogen and oxygen atoms in total. The first kappa shape index (κ1) is 29.4. The van der Waals surface area contributed by atoms with Crippen molar-refractivity contribution in [2.45, 2.75) is 109 Å². The average Bonchev–Trinajstić information content (AvgIpc) is 3.49. The van der Waals surface area contributed by atoms with Crippen molar-refractivity contribution in [1.82, 2.24) is 10.6 Å². The third kappa shape index (κ3) is 7.55. The smallest absolute Gasteiger partial charge is 0.408 e. The highest BCUT2D eigenvalue weighted by Gasteiger charge is 2.47. The van der Waals surface area contributed by atoms with Gasteiger partial charge in [0.15, 0.2) is 5.78 Å². The maximum absolute atomic E-state index is 13.9. The minimum atomic E-state index is -0.983. The van der Waals surface area contributed by atoms with E-state index in [2.05, 4.69) is 27.8 Å². The number of hydrogen-bond acceptors (Lipinski definition) is 7. The molecule has 4 rings (SSSR count). The van der Waals surface area contributed by atoms with Gasteiger partial charge < -0.3 is 25.8 Å². The highest BCUT2D eigenvalue weighted by molar-refractivity contribution is 7.15. The Labute approximate surface area is 236 Å². The number of rotatable bonds is 7. The Balaban J connectivity index is 1.48. The Bertz CT molecular complexity index is 1120. The minimum absolute atomic E-state index is 0.0113. The summed E-state index contributed by atoms with van der Waals surface area (Å²) in [5, 5.41) is 19.5. The van der Waals surface area contributed by atoms with Gasteiger partial charge >= 0.3 is 12.1 Å². The van der Waals surface area contributed by atoms with E-state index in [4.69, 9.17) is 4.74 Å². The van der Waals surface area contributed by atoms with Crippen LogP contribution in [0.1, 0.15) is 106 Å². The van der Waals surface area contributed by atoms with E-state index < -0.39 is 23.2 Å². The molecule has 9 heteroatoms. The lowest BCUT2D eigenvalue weighted by atomic mass is 9.70. The van der Waals surface area contributed by atoms with E-state index in [1.807, 2.05) is 33.8 Å². The zero-order chi connectivity index (χ0) is 28.3. The first-order valence-electron chi connectivity index (χ1n) is 14.3. The first-order chi connectivity index (χ1) is 18.4. The molecule has 1 aromatic rings. The average molecular weight is 558 g/mol. The molecule has 3 fully saturated rings. The molecule has 2 saturated carbocycles. The van der Waals surface area contributed by atoms with Crippen molar-refractivity contribution in [3.05, 3.63) is 15.8 Å². The van der Waals surface area contributed by atoms with Crippen LogP contribution in [0.2, 0.25) is 0 Å². The molecule has 1 aliphatic heterocycles. The second kappa shape index (κ2) is 11.9. The molecule has 0 spiro atoms. The number of Topliss-reactive ketones (excluding diaryl/α,β-unsaturated/α-hetero) is 1. The van der Waals surface area contributed by atoms with Gasteiger partial charge in [-0.15, -0.1) is 11.3 Å². The summed E-state index contributed by atoms with van der Waals surface area (Å²) in [7, 11) is 0. The largest absolute Gasteiger partial charge is 0.477 e. The molecule has 214 valence electrons. The van der Waals surface area contributed by atoms with E-state index in [9.17, 15) is 19.5 Å². The van der Waals surface area contributed by atoms with Crippen molar-refractivity contribution in [2.75, 3.05) is 18.4 Å². The summed E-state index contributed by atoms with van der Waals surface area (Å²) < 4.78 is 5.82. The quantitative estimate of drug-likeness (QED) is 0.324. The van der Waals surface area contributed by atoms with Crippen LogP contribution in [-0.4, -0.2) is 53.2 Å². The van der Waals surface area contributed by atoms with Gasteiger partial charge in [-0.25, -0.2) is 9.59 Å². The van der Waals surface area contributed by atoms with Crippen LogP contribution >= 0.6 is 11.3 Å². The normalized spacial score (nSPS) is 27.7. The fourth-order valence-corrected chi connectivity index (χ4v) is 6.77. The van der Waals surface area contributed by atoms with Gasteiger partial charge in [0.2, 0.25) is 0 Å². The fraction of sp³-hybridized carbons (Fsp3) is 0.700. The maximum Gasteiger partial charge on any atom is 0.408 e. The SMILES string of the molecule is CC(C)(C)C#Cc1cc(NC2CCC(NC(=O)OC3(C)CCNC3)(C(=O)C3CCCCC3)CC2)c(C(=O)O)s1. The fourth-order valence-electron chi connectivity index (χ4n) is 5.96. The molecular weight excluding hydrogens is 514 g/mol. The van der Waals surface area contributed by atoms with Crippen LogP contribution in [0.15, 0.2) is 6.07 Å². The van der Waals surface area contributed by atoms with Crippen LogP contribution in [0.25, 0.3) is 0 Å². The second-order valence-electron chi connectivity index (χ2n) is 12.7. The van der Waals surface area contributed by atoms with Crippen LogP contribution in [0, 0.1) is 23.2 Å². The van der Waals surface area contributed by atoms with Crippen molar-refractivity contribution in [1.29, 1.82) is 0 Å².